The van der Waals surface area contributed by atoms with E-state index in [0.29, 0.717) is 16.5 Å². The second-order valence-corrected chi connectivity index (χ2v) is 4.67. The highest BCUT2D eigenvalue weighted by Gasteiger charge is 2.16. The Kier molecular flexibility index (Phi) is 3.83. The Morgan fingerprint density at radius 1 is 1.67 bits per heavy atom. The quantitative estimate of drug-likeness (QED) is 0.905. The van der Waals surface area contributed by atoms with Crippen molar-refractivity contribution < 1.29 is 9.53 Å². The number of hydrogen-bond acceptors (Lipinski definition) is 5. The Hall–Kier alpha value is -1.60. The van der Waals surface area contributed by atoms with Crippen molar-refractivity contribution in [2.45, 2.75) is 13.8 Å². The number of rotatable bonds is 4. The largest absolute Gasteiger partial charge is 0.463 e. The molecule has 8 heteroatoms. The molecular formula is C10H11ClN4O2S. The van der Waals surface area contributed by atoms with Crippen molar-refractivity contribution >= 4 is 34.8 Å². The first-order valence-corrected chi connectivity index (χ1v) is 6.47. The van der Waals surface area contributed by atoms with Gasteiger partial charge in [-0.1, -0.05) is 11.6 Å². The SMILES string of the molecule is CCOc1n[nH]c(NC(=O)c2scc(C)c2Cl)n1. The van der Waals surface area contributed by atoms with Crippen molar-refractivity contribution in [1.29, 1.82) is 0 Å². The number of anilines is 1. The molecule has 0 atom stereocenters. The minimum Gasteiger partial charge on any atom is -0.463 e. The van der Waals surface area contributed by atoms with E-state index in [4.69, 9.17) is 16.3 Å². The fourth-order valence-electron chi connectivity index (χ4n) is 1.24. The fourth-order valence-corrected chi connectivity index (χ4v) is 2.42. The third-order valence-corrected chi connectivity index (χ3v) is 3.77. The van der Waals surface area contributed by atoms with Gasteiger partial charge in [-0.05, 0) is 24.8 Å². The molecule has 0 aliphatic heterocycles. The number of ether oxygens (including phenoxy) is 1. The number of aromatic nitrogens is 3. The summed E-state index contributed by atoms with van der Waals surface area (Å²) in [5.74, 6) is -0.0946. The van der Waals surface area contributed by atoms with Crippen LogP contribution in [-0.4, -0.2) is 27.7 Å². The summed E-state index contributed by atoms with van der Waals surface area (Å²) in [7, 11) is 0. The second-order valence-electron chi connectivity index (χ2n) is 3.42. The van der Waals surface area contributed by atoms with Crippen molar-refractivity contribution in [3.63, 3.8) is 0 Å². The first-order chi connectivity index (χ1) is 8.61. The summed E-state index contributed by atoms with van der Waals surface area (Å²) >= 11 is 7.29. The molecule has 0 spiro atoms. The predicted octanol–water partition coefficient (Wildman–Crippen LogP) is 2.48. The van der Waals surface area contributed by atoms with Crippen LogP contribution in [0.2, 0.25) is 5.02 Å². The van der Waals surface area contributed by atoms with Gasteiger partial charge in [-0.2, -0.15) is 4.98 Å². The van der Waals surface area contributed by atoms with Crippen LogP contribution in [-0.2, 0) is 0 Å². The molecule has 18 heavy (non-hydrogen) atoms. The second kappa shape index (κ2) is 5.36. The fraction of sp³-hybridized carbons (Fsp3) is 0.300. The number of carbonyl (C=O) groups excluding carboxylic acids is 1. The smallest absolute Gasteiger partial charge is 0.337 e. The van der Waals surface area contributed by atoms with Gasteiger partial charge in [0.15, 0.2) is 0 Å². The Morgan fingerprint density at radius 2 is 2.44 bits per heavy atom. The Morgan fingerprint density at radius 3 is 3.06 bits per heavy atom. The average molecular weight is 287 g/mol. The van der Waals surface area contributed by atoms with Gasteiger partial charge in [-0.15, -0.1) is 16.4 Å². The first kappa shape index (κ1) is 12.8. The van der Waals surface area contributed by atoms with Gasteiger partial charge >= 0.3 is 6.01 Å². The molecule has 6 nitrogen and oxygen atoms in total. The summed E-state index contributed by atoms with van der Waals surface area (Å²) in [5, 5.41) is 11.2. The zero-order chi connectivity index (χ0) is 13.1. The van der Waals surface area contributed by atoms with Crippen LogP contribution in [0.25, 0.3) is 0 Å². The molecular weight excluding hydrogens is 276 g/mol. The van der Waals surface area contributed by atoms with Crippen LogP contribution in [0.5, 0.6) is 6.01 Å². The molecule has 0 aromatic carbocycles. The third kappa shape index (κ3) is 2.62. The lowest BCUT2D eigenvalue weighted by atomic mass is 10.3. The highest BCUT2D eigenvalue weighted by molar-refractivity contribution is 7.13. The van der Waals surface area contributed by atoms with Crippen molar-refractivity contribution in [2.24, 2.45) is 0 Å². The molecule has 0 fully saturated rings. The lowest BCUT2D eigenvalue weighted by Gasteiger charge is -1.99. The Bertz CT molecular complexity index is 566. The van der Waals surface area contributed by atoms with E-state index in [-0.39, 0.29) is 17.9 Å². The molecule has 0 radical (unpaired) electrons. The zero-order valence-corrected chi connectivity index (χ0v) is 11.4. The highest BCUT2D eigenvalue weighted by Crippen LogP contribution is 2.27. The van der Waals surface area contributed by atoms with E-state index >= 15 is 0 Å². The van der Waals surface area contributed by atoms with E-state index in [2.05, 4.69) is 20.5 Å². The van der Waals surface area contributed by atoms with Gasteiger partial charge in [-0.25, -0.2) is 5.10 Å². The van der Waals surface area contributed by atoms with Gasteiger partial charge < -0.3 is 4.74 Å². The van der Waals surface area contributed by atoms with Crippen LogP contribution in [0.3, 0.4) is 0 Å². The maximum atomic E-state index is 11.9. The summed E-state index contributed by atoms with van der Waals surface area (Å²) in [6, 6.07) is 0.196. The first-order valence-electron chi connectivity index (χ1n) is 5.22. The van der Waals surface area contributed by atoms with E-state index in [1.54, 1.807) is 0 Å². The van der Waals surface area contributed by atoms with Gasteiger partial charge in [0.2, 0.25) is 5.95 Å². The minimum absolute atomic E-state index is 0.196. The van der Waals surface area contributed by atoms with Crippen molar-refractivity contribution in [3.05, 3.63) is 20.8 Å². The number of carbonyl (C=O) groups is 1. The van der Waals surface area contributed by atoms with E-state index in [9.17, 15) is 4.79 Å². The number of aryl methyl sites for hydroxylation is 1. The maximum Gasteiger partial charge on any atom is 0.337 e. The molecule has 1 amide bonds. The molecule has 2 aromatic rings. The standard InChI is InChI=1S/C10H11ClN4O2S/c1-3-17-10-13-9(14-15-10)12-8(16)7-6(11)5(2)4-18-7/h4H,3H2,1-2H3,(H2,12,13,14,15,16). The van der Waals surface area contributed by atoms with Crippen LogP contribution in [0.15, 0.2) is 5.38 Å². The van der Waals surface area contributed by atoms with Crippen LogP contribution < -0.4 is 10.1 Å². The topological polar surface area (TPSA) is 79.9 Å². The van der Waals surface area contributed by atoms with Gasteiger partial charge in [0.05, 0.1) is 11.6 Å². The lowest BCUT2D eigenvalue weighted by molar-refractivity contribution is 0.103. The van der Waals surface area contributed by atoms with Gasteiger partial charge in [0.25, 0.3) is 5.91 Å². The number of aromatic amines is 1. The normalized spacial score (nSPS) is 10.4. The van der Waals surface area contributed by atoms with E-state index in [1.165, 1.54) is 11.3 Å². The number of amides is 1. The van der Waals surface area contributed by atoms with Crippen LogP contribution in [0.1, 0.15) is 22.2 Å². The van der Waals surface area contributed by atoms with Gasteiger partial charge in [0.1, 0.15) is 4.88 Å². The summed E-state index contributed by atoms with van der Waals surface area (Å²) in [6.07, 6.45) is 0. The minimum atomic E-state index is -0.322. The molecule has 2 N–H and O–H groups in total. The van der Waals surface area contributed by atoms with Gasteiger partial charge in [-0.3, -0.25) is 10.1 Å². The molecule has 0 aliphatic rings. The average Bonchev–Trinajstić information content (AvgIpc) is 2.89. The highest BCUT2D eigenvalue weighted by atomic mass is 35.5. The van der Waals surface area contributed by atoms with Crippen molar-refractivity contribution in [1.82, 2.24) is 15.2 Å². The summed E-state index contributed by atoms with van der Waals surface area (Å²) in [5.41, 5.74) is 0.874. The van der Waals surface area contributed by atoms with Crippen LogP contribution in [0, 0.1) is 6.92 Å². The van der Waals surface area contributed by atoms with E-state index in [0.717, 1.165) is 5.56 Å². The third-order valence-electron chi connectivity index (χ3n) is 2.08. The number of nitrogens with zero attached hydrogens (tertiary/aromatic N) is 2. The van der Waals surface area contributed by atoms with E-state index in [1.807, 2.05) is 19.2 Å². The Labute approximate surface area is 112 Å². The molecule has 2 rings (SSSR count). The van der Waals surface area contributed by atoms with E-state index < -0.39 is 0 Å². The maximum absolute atomic E-state index is 11.9. The Balaban J connectivity index is 2.09. The lowest BCUT2D eigenvalue weighted by Crippen LogP contribution is -2.12. The molecule has 2 aromatic heterocycles. The van der Waals surface area contributed by atoms with Crippen molar-refractivity contribution in [3.8, 4) is 6.01 Å². The molecule has 0 saturated heterocycles. The molecule has 0 saturated carbocycles. The molecule has 2 heterocycles. The van der Waals surface area contributed by atoms with Gasteiger partial charge in [0, 0.05) is 0 Å². The van der Waals surface area contributed by atoms with Crippen LogP contribution >= 0.6 is 22.9 Å². The molecule has 0 bridgehead atoms. The summed E-state index contributed by atoms with van der Waals surface area (Å²) < 4.78 is 5.07. The number of thiophene rings is 1. The van der Waals surface area contributed by atoms with Crippen LogP contribution in [0.4, 0.5) is 5.95 Å². The molecule has 0 unspecified atom stereocenters. The number of nitrogens with one attached hydrogen (secondary N) is 2. The molecule has 96 valence electrons. The molecule has 0 aliphatic carbocycles. The number of H-pyrrole nitrogens is 1. The summed E-state index contributed by atoms with van der Waals surface area (Å²) in [4.78, 5) is 16.3. The zero-order valence-electron chi connectivity index (χ0n) is 9.78. The predicted molar refractivity (Wildman–Crippen MR) is 69.6 cm³/mol. The monoisotopic (exact) mass is 286 g/mol. The number of halogens is 1. The summed E-state index contributed by atoms with van der Waals surface area (Å²) in [6.45, 7) is 4.13. The number of hydrogen-bond donors (Lipinski definition) is 2. The van der Waals surface area contributed by atoms with Crippen molar-refractivity contribution in [2.75, 3.05) is 11.9 Å².